The molecular weight excluding hydrogens is 190 g/mol. The van der Waals surface area contributed by atoms with Gasteiger partial charge in [-0.1, -0.05) is 32.9 Å². The van der Waals surface area contributed by atoms with Crippen molar-refractivity contribution in [2.75, 3.05) is 0 Å². The van der Waals surface area contributed by atoms with Gasteiger partial charge in [0.15, 0.2) is 0 Å². The lowest BCUT2D eigenvalue weighted by Gasteiger charge is -2.09. The van der Waals surface area contributed by atoms with E-state index >= 15 is 0 Å². The van der Waals surface area contributed by atoms with E-state index < -0.39 is 0 Å². The van der Waals surface area contributed by atoms with E-state index in [0.29, 0.717) is 12.0 Å². The van der Waals surface area contributed by atoms with Gasteiger partial charge < -0.3 is 0 Å². The third kappa shape index (κ3) is 1.69. The molecule has 1 unspecified atom stereocenters. The number of rotatable bonds is 2. The fourth-order valence-corrected chi connectivity index (χ4v) is 2.87. The molecule has 0 amide bonds. The van der Waals surface area contributed by atoms with Gasteiger partial charge in [-0.3, -0.25) is 4.72 Å². The average molecular weight is 207 g/mol. The van der Waals surface area contributed by atoms with E-state index in [1.54, 1.807) is 11.9 Å². The summed E-state index contributed by atoms with van der Waals surface area (Å²) in [7, 11) is 0. The van der Waals surface area contributed by atoms with Crippen LogP contribution < -0.4 is 4.72 Å². The number of nitrogens with one attached hydrogen (secondary N) is 1. The first kappa shape index (κ1) is 10.1. The average Bonchev–Trinajstić information content (AvgIpc) is 2.59. The van der Waals surface area contributed by atoms with Crippen LogP contribution in [-0.4, -0.2) is 0 Å². The van der Waals surface area contributed by atoms with Crippen LogP contribution in [0.2, 0.25) is 0 Å². The minimum absolute atomic E-state index is 0.552. The molecule has 0 fully saturated rings. The summed E-state index contributed by atoms with van der Waals surface area (Å²) < 4.78 is 3.45. The zero-order chi connectivity index (χ0) is 10.1. The smallest absolute Gasteiger partial charge is 0.0433 e. The van der Waals surface area contributed by atoms with Gasteiger partial charge >= 0.3 is 0 Å². The maximum absolute atomic E-state index is 3.45. The summed E-state index contributed by atoms with van der Waals surface area (Å²) in [6.45, 7) is 6.71. The van der Waals surface area contributed by atoms with Crippen LogP contribution in [-0.2, 0) is 0 Å². The number of hydrogen-bond acceptors (Lipinski definition) is 2. The van der Waals surface area contributed by atoms with Crippen LogP contribution in [0.25, 0.3) is 0 Å². The minimum Gasteiger partial charge on any atom is -0.252 e. The first-order valence-corrected chi connectivity index (χ1v) is 6.10. The molecule has 0 aliphatic carbocycles. The standard InChI is InChI=1S/C12H17NS/c1-4-11-10-6-5-9(8(2)3)7-12(10)14-13-11/h5-8,11,13H,4H2,1-3H3. The summed E-state index contributed by atoms with van der Waals surface area (Å²) in [6, 6.07) is 7.43. The number of fused-ring (bicyclic) bond motifs is 1. The highest BCUT2D eigenvalue weighted by Crippen LogP contribution is 2.38. The quantitative estimate of drug-likeness (QED) is 0.739. The van der Waals surface area contributed by atoms with Crippen molar-refractivity contribution in [3.05, 3.63) is 29.3 Å². The van der Waals surface area contributed by atoms with Crippen LogP contribution in [0, 0.1) is 0 Å². The molecule has 1 heterocycles. The van der Waals surface area contributed by atoms with Gasteiger partial charge in [0.1, 0.15) is 0 Å². The first-order valence-electron chi connectivity index (χ1n) is 5.28. The monoisotopic (exact) mass is 207 g/mol. The molecule has 76 valence electrons. The van der Waals surface area contributed by atoms with Crippen LogP contribution in [0.3, 0.4) is 0 Å². The molecular formula is C12H17NS. The topological polar surface area (TPSA) is 12.0 Å². The molecule has 1 atom stereocenters. The van der Waals surface area contributed by atoms with Crippen molar-refractivity contribution < 1.29 is 0 Å². The molecule has 0 spiro atoms. The van der Waals surface area contributed by atoms with E-state index in [1.807, 2.05) is 0 Å². The predicted octanol–water partition coefficient (Wildman–Crippen LogP) is 3.87. The van der Waals surface area contributed by atoms with E-state index in [9.17, 15) is 0 Å². The molecule has 0 aromatic heterocycles. The van der Waals surface area contributed by atoms with Gasteiger partial charge in [0.2, 0.25) is 0 Å². The maximum atomic E-state index is 3.45. The summed E-state index contributed by atoms with van der Waals surface area (Å²) in [5, 5.41) is 0. The molecule has 2 heteroatoms. The summed E-state index contributed by atoms with van der Waals surface area (Å²) in [4.78, 5) is 1.42. The molecule has 1 aliphatic rings. The molecule has 0 saturated carbocycles. The van der Waals surface area contributed by atoms with Crippen LogP contribution in [0.5, 0.6) is 0 Å². The second kappa shape index (κ2) is 3.95. The SMILES string of the molecule is CCC1NSc2cc(C(C)C)ccc21. The zero-order valence-corrected chi connectivity index (χ0v) is 9.82. The van der Waals surface area contributed by atoms with E-state index in [-0.39, 0.29) is 0 Å². The summed E-state index contributed by atoms with van der Waals surface area (Å²) in [5.41, 5.74) is 2.91. The molecule has 1 N–H and O–H groups in total. The van der Waals surface area contributed by atoms with E-state index in [2.05, 4.69) is 43.7 Å². The molecule has 1 aromatic rings. The molecule has 14 heavy (non-hydrogen) atoms. The van der Waals surface area contributed by atoms with Crippen molar-refractivity contribution in [3.8, 4) is 0 Å². The van der Waals surface area contributed by atoms with E-state index in [4.69, 9.17) is 0 Å². The van der Waals surface area contributed by atoms with Crippen molar-refractivity contribution in [2.24, 2.45) is 0 Å². The van der Waals surface area contributed by atoms with Gasteiger partial charge in [-0.2, -0.15) is 0 Å². The normalized spacial score (nSPS) is 20.1. The Morgan fingerprint density at radius 2 is 2.21 bits per heavy atom. The van der Waals surface area contributed by atoms with Crippen molar-refractivity contribution in [3.63, 3.8) is 0 Å². The Labute approximate surface area is 90.4 Å². The van der Waals surface area contributed by atoms with E-state index in [1.165, 1.54) is 22.4 Å². The fraction of sp³-hybridized carbons (Fsp3) is 0.500. The van der Waals surface area contributed by atoms with Gasteiger partial charge in [0, 0.05) is 10.9 Å². The third-order valence-electron chi connectivity index (χ3n) is 2.80. The van der Waals surface area contributed by atoms with Crippen LogP contribution in [0.15, 0.2) is 23.1 Å². The second-order valence-electron chi connectivity index (χ2n) is 4.13. The Balaban J connectivity index is 2.34. The number of hydrogen-bond donors (Lipinski definition) is 1. The first-order chi connectivity index (χ1) is 6.72. The third-order valence-corrected chi connectivity index (χ3v) is 3.77. The Morgan fingerprint density at radius 1 is 1.43 bits per heavy atom. The lowest BCUT2D eigenvalue weighted by molar-refractivity contribution is 0.659. The van der Waals surface area contributed by atoms with Crippen molar-refractivity contribution >= 4 is 11.9 Å². The molecule has 1 aromatic carbocycles. The van der Waals surface area contributed by atoms with Crippen LogP contribution in [0.4, 0.5) is 0 Å². The Kier molecular flexibility index (Phi) is 2.84. The summed E-state index contributed by atoms with van der Waals surface area (Å²) in [6.07, 6.45) is 1.17. The lowest BCUT2D eigenvalue weighted by Crippen LogP contribution is -2.05. The maximum Gasteiger partial charge on any atom is 0.0433 e. The predicted molar refractivity (Wildman–Crippen MR) is 62.6 cm³/mol. The minimum atomic E-state index is 0.552. The summed E-state index contributed by atoms with van der Waals surface area (Å²) >= 11 is 1.78. The van der Waals surface area contributed by atoms with Gasteiger partial charge in [0.25, 0.3) is 0 Å². The highest BCUT2D eigenvalue weighted by Gasteiger charge is 2.21. The van der Waals surface area contributed by atoms with Gasteiger partial charge in [-0.25, -0.2) is 0 Å². The van der Waals surface area contributed by atoms with Crippen LogP contribution >= 0.6 is 11.9 Å². The molecule has 0 bridgehead atoms. The molecule has 0 saturated heterocycles. The lowest BCUT2D eigenvalue weighted by atomic mass is 9.98. The van der Waals surface area contributed by atoms with Crippen molar-refractivity contribution in [1.29, 1.82) is 0 Å². The van der Waals surface area contributed by atoms with Crippen molar-refractivity contribution in [2.45, 2.75) is 44.0 Å². The Morgan fingerprint density at radius 3 is 2.86 bits per heavy atom. The highest BCUT2D eigenvalue weighted by molar-refractivity contribution is 7.97. The Hall–Kier alpha value is -0.470. The molecule has 2 rings (SSSR count). The van der Waals surface area contributed by atoms with Gasteiger partial charge in [0.05, 0.1) is 0 Å². The van der Waals surface area contributed by atoms with Crippen LogP contribution in [0.1, 0.15) is 50.3 Å². The Bertz CT molecular complexity index is 333. The molecule has 1 nitrogen and oxygen atoms in total. The molecule has 0 radical (unpaired) electrons. The fourth-order valence-electron chi connectivity index (χ4n) is 1.79. The van der Waals surface area contributed by atoms with E-state index in [0.717, 1.165) is 0 Å². The van der Waals surface area contributed by atoms with Crippen molar-refractivity contribution in [1.82, 2.24) is 4.72 Å². The zero-order valence-electron chi connectivity index (χ0n) is 9.00. The largest absolute Gasteiger partial charge is 0.252 e. The number of benzene rings is 1. The molecule has 1 aliphatic heterocycles. The van der Waals surface area contributed by atoms with Gasteiger partial charge in [-0.05, 0) is 41.5 Å². The van der Waals surface area contributed by atoms with Gasteiger partial charge in [-0.15, -0.1) is 0 Å². The second-order valence-corrected chi connectivity index (χ2v) is 5.01. The summed E-state index contributed by atoms with van der Waals surface area (Å²) in [5.74, 6) is 0.626. The highest BCUT2D eigenvalue weighted by atomic mass is 32.2.